The van der Waals surface area contributed by atoms with Crippen molar-refractivity contribution in [2.24, 2.45) is 11.7 Å². The lowest BCUT2D eigenvalue weighted by molar-refractivity contribution is 0.235. The van der Waals surface area contributed by atoms with Crippen LogP contribution in [0.15, 0.2) is 24.3 Å². The molecule has 1 aromatic rings. The number of rotatable bonds is 3. The molecule has 94 valence electrons. The van der Waals surface area contributed by atoms with Gasteiger partial charge < -0.3 is 11.1 Å². The zero-order valence-corrected chi connectivity index (χ0v) is 10.4. The standard InChI is InChI=1S/C14H21FN2/c1-11-6-4-5-9-14(11,10-16)17-13-8-3-2-7-12(13)15/h2-3,7-8,11,17H,4-6,9-10,16H2,1H3. The molecule has 2 nitrogen and oxygen atoms in total. The van der Waals surface area contributed by atoms with Gasteiger partial charge in [-0.2, -0.15) is 0 Å². The fourth-order valence-corrected chi connectivity index (χ4v) is 2.78. The summed E-state index contributed by atoms with van der Waals surface area (Å²) >= 11 is 0. The molecule has 3 N–H and O–H groups in total. The van der Waals surface area contributed by atoms with E-state index in [2.05, 4.69) is 12.2 Å². The first-order valence-electron chi connectivity index (χ1n) is 6.41. The fourth-order valence-electron chi connectivity index (χ4n) is 2.78. The molecule has 0 saturated heterocycles. The maximum atomic E-state index is 13.7. The van der Waals surface area contributed by atoms with Gasteiger partial charge in [-0.15, -0.1) is 0 Å². The third-order valence-electron chi connectivity index (χ3n) is 4.08. The second-order valence-corrected chi connectivity index (χ2v) is 5.11. The smallest absolute Gasteiger partial charge is 0.146 e. The summed E-state index contributed by atoms with van der Waals surface area (Å²) in [5.41, 5.74) is 6.38. The molecular formula is C14H21FN2. The molecule has 1 aromatic carbocycles. The number of hydrogen-bond acceptors (Lipinski definition) is 2. The monoisotopic (exact) mass is 236 g/mol. The van der Waals surface area contributed by atoms with Gasteiger partial charge in [-0.1, -0.05) is 31.9 Å². The Morgan fingerprint density at radius 2 is 2.18 bits per heavy atom. The van der Waals surface area contributed by atoms with E-state index in [1.165, 1.54) is 25.3 Å². The van der Waals surface area contributed by atoms with Gasteiger partial charge in [-0.05, 0) is 30.9 Å². The van der Waals surface area contributed by atoms with Crippen LogP contribution in [-0.4, -0.2) is 12.1 Å². The SMILES string of the molecule is CC1CCCCC1(CN)Nc1ccccc1F. The van der Waals surface area contributed by atoms with Crippen molar-refractivity contribution in [3.05, 3.63) is 30.1 Å². The van der Waals surface area contributed by atoms with Crippen LogP contribution < -0.4 is 11.1 Å². The van der Waals surface area contributed by atoms with Gasteiger partial charge in [0.15, 0.2) is 0 Å². The first-order chi connectivity index (χ1) is 8.18. The third kappa shape index (κ3) is 2.44. The molecular weight excluding hydrogens is 215 g/mol. The molecule has 1 saturated carbocycles. The Morgan fingerprint density at radius 1 is 1.41 bits per heavy atom. The number of halogens is 1. The van der Waals surface area contributed by atoms with Gasteiger partial charge in [0.25, 0.3) is 0 Å². The van der Waals surface area contributed by atoms with E-state index in [0.717, 1.165) is 6.42 Å². The zero-order valence-electron chi connectivity index (χ0n) is 10.4. The Labute approximate surface area is 102 Å². The lowest BCUT2D eigenvalue weighted by Gasteiger charge is -2.43. The van der Waals surface area contributed by atoms with Gasteiger partial charge >= 0.3 is 0 Å². The van der Waals surface area contributed by atoms with Crippen molar-refractivity contribution < 1.29 is 4.39 Å². The van der Waals surface area contributed by atoms with Gasteiger partial charge in [-0.3, -0.25) is 0 Å². The molecule has 1 fully saturated rings. The molecule has 0 aliphatic heterocycles. The third-order valence-corrected chi connectivity index (χ3v) is 4.08. The number of nitrogens with one attached hydrogen (secondary N) is 1. The number of para-hydroxylation sites is 1. The van der Waals surface area contributed by atoms with Crippen molar-refractivity contribution in [2.45, 2.75) is 38.1 Å². The topological polar surface area (TPSA) is 38.0 Å². The van der Waals surface area contributed by atoms with E-state index in [4.69, 9.17) is 5.73 Å². The van der Waals surface area contributed by atoms with Crippen LogP contribution >= 0.6 is 0 Å². The number of nitrogens with two attached hydrogens (primary N) is 1. The highest BCUT2D eigenvalue weighted by molar-refractivity contribution is 5.47. The van der Waals surface area contributed by atoms with Crippen molar-refractivity contribution in [1.82, 2.24) is 0 Å². The summed E-state index contributed by atoms with van der Waals surface area (Å²) in [4.78, 5) is 0. The Hall–Kier alpha value is -1.09. The van der Waals surface area contributed by atoms with Crippen LogP contribution in [0.5, 0.6) is 0 Å². The minimum atomic E-state index is -0.196. The predicted molar refractivity (Wildman–Crippen MR) is 69.4 cm³/mol. The minimum Gasteiger partial charge on any atom is -0.376 e. The van der Waals surface area contributed by atoms with Crippen LogP contribution in [-0.2, 0) is 0 Å². The average molecular weight is 236 g/mol. The minimum absolute atomic E-state index is 0.138. The molecule has 0 bridgehead atoms. The summed E-state index contributed by atoms with van der Waals surface area (Å²) in [6, 6.07) is 6.83. The van der Waals surface area contributed by atoms with Gasteiger partial charge in [0.05, 0.1) is 11.2 Å². The Bertz CT molecular complexity index is 380. The molecule has 0 heterocycles. The number of benzene rings is 1. The predicted octanol–water partition coefficient (Wildman–Crippen LogP) is 3.15. The summed E-state index contributed by atoms with van der Waals surface area (Å²) in [5.74, 6) is 0.291. The molecule has 0 radical (unpaired) electrons. The van der Waals surface area contributed by atoms with Crippen molar-refractivity contribution in [3.63, 3.8) is 0 Å². The summed E-state index contributed by atoms with van der Waals surface area (Å²) in [6.45, 7) is 2.77. The average Bonchev–Trinajstić information content (AvgIpc) is 2.35. The summed E-state index contributed by atoms with van der Waals surface area (Å²) < 4.78 is 13.7. The molecule has 2 atom stereocenters. The fraction of sp³-hybridized carbons (Fsp3) is 0.571. The number of anilines is 1. The van der Waals surface area contributed by atoms with Crippen molar-refractivity contribution >= 4 is 5.69 Å². The van der Waals surface area contributed by atoms with Crippen molar-refractivity contribution in [1.29, 1.82) is 0 Å². The van der Waals surface area contributed by atoms with Gasteiger partial charge in [-0.25, -0.2) is 4.39 Å². The highest BCUT2D eigenvalue weighted by Gasteiger charge is 2.37. The lowest BCUT2D eigenvalue weighted by atomic mass is 9.73. The van der Waals surface area contributed by atoms with Crippen LogP contribution in [0.4, 0.5) is 10.1 Å². The van der Waals surface area contributed by atoms with E-state index in [0.29, 0.717) is 18.2 Å². The molecule has 0 spiro atoms. The summed E-state index contributed by atoms with van der Waals surface area (Å²) in [5, 5.41) is 3.36. The molecule has 0 aromatic heterocycles. The van der Waals surface area contributed by atoms with E-state index < -0.39 is 0 Å². The largest absolute Gasteiger partial charge is 0.376 e. The van der Waals surface area contributed by atoms with Gasteiger partial charge in [0.2, 0.25) is 0 Å². The Kier molecular flexibility index (Phi) is 3.67. The molecule has 1 aliphatic carbocycles. The van der Waals surface area contributed by atoms with Crippen molar-refractivity contribution in [2.75, 3.05) is 11.9 Å². The maximum Gasteiger partial charge on any atom is 0.146 e. The van der Waals surface area contributed by atoms with Crippen LogP contribution in [0, 0.1) is 11.7 Å². The quantitative estimate of drug-likeness (QED) is 0.846. The molecule has 17 heavy (non-hydrogen) atoms. The van der Waals surface area contributed by atoms with Gasteiger partial charge in [0.1, 0.15) is 5.82 Å². The summed E-state index contributed by atoms with van der Waals surface area (Å²) in [7, 11) is 0. The zero-order chi connectivity index (χ0) is 12.3. The van der Waals surface area contributed by atoms with Crippen LogP contribution in [0.1, 0.15) is 32.6 Å². The molecule has 1 aliphatic rings. The first-order valence-corrected chi connectivity index (χ1v) is 6.41. The van der Waals surface area contributed by atoms with Crippen LogP contribution in [0.25, 0.3) is 0 Å². The van der Waals surface area contributed by atoms with E-state index in [1.54, 1.807) is 12.1 Å². The lowest BCUT2D eigenvalue weighted by Crippen LogP contribution is -2.52. The van der Waals surface area contributed by atoms with Gasteiger partial charge in [0, 0.05) is 6.54 Å². The van der Waals surface area contributed by atoms with Crippen LogP contribution in [0.2, 0.25) is 0 Å². The van der Waals surface area contributed by atoms with E-state index in [9.17, 15) is 4.39 Å². The first kappa shape index (κ1) is 12.4. The number of hydrogen-bond donors (Lipinski definition) is 2. The molecule has 3 heteroatoms. The van der Waals surface area contributed by atoms with Crippen LogP contribution in [0.3, 0.4) is 0 Å². The van der Waals surface area contributed by atoms with E-state index in [1.807, 2.05) is 6.07 Å². The molecule has 0 amide bonds. The highest BCUT2D eigenvalue weighted by Crippen LogP contribution is 2.36. The van der Waals surface area contributed by atoms with E-state index in [-0.39, 0.29) is 11.4 Å². The van der Waals surface area contributed by atoms with Crippen molar-refractivity contribution in [3.8, 4) is 0 Å². The molecule has 2 unspecified atom stereocenters. The molecule has 2 rings (SSSR count). The van der Waals surface area contributed by atoms with E-state index >= 15 is 0 Å². The Morgan fingerprint density at radius 3 is 2.82 bits per heavy atom. The second-order valence-electron chi connectivity index (χ2n) is 5.11. The summed E-state index contributed by atoms with van der Waals surface area (Å²) in [6.07, 6.45) is 4.61. The maximum absolute atomic E-state index is 13.7. The normalized spacial score (nSPS) is 29.0. The second kappa shape index (κ2) is 5.05. The Balaban J connectivity index is 2.22. The highest BCUT2D eigenvalue weighted by atomic mass is 19.1.